The molecule has 0 spiro atoms. The molecule has 0 N–H and O–H groups in total. The SMILES string of the molecule is CCc1ccc(-c2cc(OC)ccc2F)c(CN2[C@H](C)CCC[C@@H]2C)c1. The minimum absolute atomic E-state index is 0.198. The van der Waals surface area contributed by atoms with Gasteiger partial charge in [-0.25, -0.2) is 4.39 Å². The maximum absolute atomic E-state index is 14.6. The van der Waals surface area contributed by atoms with E-state index in [9.17, 15) is 4.39 Å². The lowest BCUT2D eigenvalue weighted by atomic mass is 9.92. The summed E-state index contributed by atoms with van der Waals surface area (Å²) in [5, 5.41) is 0. The molecule has 26 heavy (non-hydrogen) atoms. The van der Waals surface area contributed by atoms with Gasteiger partial charge >= 0.3 is 0 Å². The third-order valence-corrected chi connectivity index (χ3v) is 5.77. The number of piperidine rings is 1. The van der Waals surface area contributed by atoms with Crippen molar-refractivity contribution in [3.63, 3.8) is 0 Å². The fourth-order valence-electron chi connectivity index (χ4n) is 4.08. The molecule has 0 amide bonds. The van der Waals surface area contributed by atoms with Crippen molar-refractivity contribution in [3.8, 4) is 16.9 Å². The lowest BCUT2D eigenvalue weighted by Crippen LogP contribution is -2.43. The number of rotatable bonds is 5. The van der Waals surface area contributed by atoms with Gasteiger partial charge in [0.2, 0.25) is 0 Å². The molecular weight excluding hydrogens is 325 g/mol. The molecular formula is C23H30FNO. The molecule has 1 aliphatic heterocycles. The second kappa shape index (κ2) is 8.22. The molecule has 140 valence electrons. The van der Waals surface area contributed by atoms with Gasteiger partial charge in [0.15, 0.2) is 0 Å². The Hall–Kier alpha value is -1.87. The highest BCUT2D eigenvalue weighted by Crippen LogP contribution is 2.33. The summed E-state index contributed by atoms with van der Waals surface area (Å²) in [4.78, 5) is 2.57. The first kappa shape index (κ1) is 18.9. The summed E-state index contributed by atoms with van der Waals surface area (Å²) in [6.07, 6.45) is 4.76. The Bertz CT molecular complexity index is 748. The predicted octanol–water partition coefficient (Wildman–Crippen LogP) is 5.83. The second-order valence-electron chi connectivity index (χ2n) is 7.49. The van der Waals surface area contributed by atoms with Gasteiger partial charge in [0, 0.05) is 24.2 Å². The molecule has 2 aromatic rings. The average molecular weight is 355 g/mol. The van der Waals surface area contributed by atoms with E-state index in [2.05, 4.69) is 43.9 Å². The number of hydrogen-bond donors (Lipinski definition) is 0. The van der Waals surface area contributed by atoms with E-state index in [4.69, 9.17) is 4.74 Å². The van der Waals surface area contributed by atoms with Crippen LogP contribution in [0.1, 0.15) is 51.2 Å². The van der Waals surface area contributed by atoms with Crippen LogP contribution in [0.3, 0.4) is 0 Å². The van der Waals surface area contributed by atoms with Crippen LogP contribution in [0.15, 0.2) is 36.4 Å². The molecule has 0 saturated carbocycles. The maximum atomic E-state index is 14.6. The highest BCUT2D eigenvalue weighted by molar-refractivity contribution is 5.70. The number of aryl methyl sites for hydroxylation is 1. The Balaban J connectivity index is 2.03. The average Bonchev–Trinajstić information content (AvgIpc) is 2.65. The molecule has 0 bridgehead atoms. The van der Waals surface area contributed by atoms with Crippen LogP contribution in [0.5, 0.6) is 5.75 Å². The van der Waals surface area contributed by atoms with E-state index in [1.807, 2.05) is 6.07 Å². The van der Waals surface area contributed by atoms with Crippen molar-refractivity contribution in [2.75, 3.05) is 7.11 Å². The Morgan fingerprint density at radius 1 is 1.04 bits per heavy atom. The van der Waals surface area contributed by atoms with Crippen molar-refractivity contribution in [1.82, 2.24) is 4.90 Å². The standard InChI is InChI=1S/C23H30FNO/c1-5-18-9-11-21(22-14-20(26-4)10-12-23(22)24)19(13-18)15-25-16(2)7-6-8-17(25)3/h9-14,16-17H,5-8,15H2,1-4H3/t16-,17+. The lowest BCUT2D eigenvalue weighted by Gasteiger charge is -2.39. The fraction of sp³-hybridized carbons (Fsp3) is 0.478. The summed E-state index contributed by atoms with van der Waals surface area (Å²) < 4.78 is 19.9. The first-order valence-electron chi connectivity index (χ1n) is 9.75. The van der Waals surface area contributed by atoms with Crippen LogP contribution in [-0.2, 0) is 13.0 Å². The topological polar surface area (TPSA) is 12.5 Å². The molecule has 1 aliphatic rings. The second-order valence-corrected chi connectivity index (χ2v) is 7.49. The van der Waals surface area contributed by atoms with E-state index in [0.29, 0.717) is 23.4 Å². The number of benzene rings is 2. The zero-order valence-electron chi connectivity index (χ0n) is 16.4. The number of halogens is 1. The van der Waals surface area contributed by atoms with Gasteiger partial charge in [-0.15, -0.1) is 0 Å². The molecule has 2 aromatic carbocycles. The number of methoxy groups -OCH3 is 1. The van der Waals surface area contributed by atoms with E-state index in [-0.39, 0.29) is 5.82 Å². The Morgan fingerprint density at radius 3 is 2.42 bits per heavy atom. The molecule has 1 heterocycles. The van der Waals surface area contributed by atoms with Crippen LogP contribution in [0.4, 0.5) is 4.39 Å². The molecule has 0 unspecified atom stereocenters. The van der Waals surface area contributed by atoms with Crippen molar-refractivity contribution in [2.24, 2.45) is 0 Å². The van der Waals surface area contributed by atoms with Crippen molar-refractivity contribution < 1.29 is 9.13 Å². The van der Waals surface area contributed by atoms with Gasteiger partial charge in [0.25, 0.3) is 0 Å². The normalized spacial score (nSPS) is 21.0. The molecule has 2 nitrogen and oxygen atoms in total. The molecule has 1 saturated heterocycles. The highest BCUT2D eigenvalue weighted by atomic mass is 19.1. The zero-order chi connectivity index (χ0) is 18.7. The van der Waals surface area contributed by atoms with Gasteiger partial charge in [-0.05, 0) is 68.0 Å². The molecule has 2 atom stereocenters. The molecule has 0 radical (unpaired) electrons. The highest BCUT2D eigenvalue weighted by Gasteiger charge is 2.25. The Kier molecular flexibility index (Phi) is 5.98. The van der Waals surface area contributed by atoms with Gasteiger partial charge in [-0.2, -0.15) is 0 Å². The van der Waals surface area contributed by atoms with Gasteiger partial charge in [0.1, 0.15) is 11.6 Å². The van der Waals surface area contributed by atoms with E-state index in [1.165, 1.54) is 36.5 Å². The van der Waals surface area contributed by atoms with Crippen LogP contribution < -0.4 is 4.74 Å². The summed E-state index contributed by atoms with van der Waals surface area (Å²) in [6.45, 7) is 7.65. The van der Waals surface area contributed by atoms with E-state index in [1.54, 1.807) is 13.2 Å². The third-order valence-electron chi connectivity index (χ3n) is 5.77. The predicted molar refractivity (Wildman–Crippen MR) is 106 cm³/mol. The molecule has 0 aliphatic carbocycles. The van der Waals surface area contributed by atoms with Crippen LogP contribution >= 0.6 is 0 Å². The molecule has 3 heteroatoms. The van der Waals surface area contributed by atoms with Crippen LogP contribution in [0.25, 0.3) is 11.1 Å². The minimum atomic E-state index is -0.198. The largest absolute Gasteiger partial charge is 0.497 e. The minimum Gasteiger partial charge on any atom is -0.497 e. The van der Waals surface area contributed by atoms with E-state index in [0.717, 1.165) is 18.5 Å². The summed E-state index contributed by atoms with van der Waals surface area (Å²) in [5.74, 6) is 0.489. The summed E-state index contributed by atoms with van der Waals surface area (Å²) in [7, 11) is 1.62. The summed E-state index contributed by atoms with van der Waals surface area (Å²) >= 11 is 0. The molecule has 1 fully saturated rings. The monoisotopic (exact) mass is 355 g/mol. The van der Waals surface area contributed by atoms with Gasteiger partial charge in [-0.1, -0.05) is 31.5 Å². The van der Waals surface area contributed by atoms with Crippen molar-refractivity contribution >= 4 is 0 Å². The number of nitrogens with zero attached hydrogens (tertiary/aromatic N) is 1. The maximum Gasteiger partial charge on any atom is 0.131 e. The van der Waals surface area contributed by atoms with Gasteiger partial charge in [-0.3, -0.25) is 4.90 Å². The number of ether oxygens (including phenoxy) is 1. The zero-order valence-corrected chi connectivity index (χ0v) is 16.4. The number of hydrogen-bond acceptors (Lipinski definition) is 2. The van der Waals surface area contributed by atoms with Crippen molar-refractivity contribution in [3.05, 3.63) is 53.3 Å². The van der Waals surface area contributed by atoms with E-state index < -0.39 is 0 Å². The summed E-state index contributed by atoms with van der Waals surface area (Å²) in [6, 6.07) is 12.5. The molecule has 0 aromatic heterocycles. The van der Waals surface area contributed by atoms with E-state index >= 15 is 0 Å². The number of likely N-dealkylation sites (tertiary alicyclic amines) is 1. The Labute approximate surface area is 157 Å². The first-order chi connectivity index (χ1) is 12.5. The van der Waals surface area contributed by atoms with Crippen LogP contribution in [-0.4, -0.2) is 24.1 Å². The van der Waals surface area contributed by atoms with Gasteiger partial charge < -0.3 is 4.74 Å². The quantitative estimate of drug-likeness (QED) is 0.669. The summed E-state index contributed by atoms with van der Waals surface area (Å²) in [5.41, 5.74) is 4.10. The van der Waals surface area contributed by atoms with Gasteiger partial charge in [0.05, 0.1) is 7.11 Å². The molecule has 3 rings (SSSR count). The fourth-order valence-corrected chi connectivity index (χ4v) is 4.08. The van der Waals surface area contributed by atoms with Crippen molar-refractivity contribution in [1.29, 1.82) is 0 Å². The van der Waals surface area contributed by atoms with Crippen LogP contribution in [0, 0.1) is 5.82 Å². The lowest BCUT2D eigenvalue weighted by molar-refractivity contribution is 0.0954. The smallest absolute Gasteiger partial charge is 0.131 e. The van der Waals surface area contributed by atoms with Crippen LogP contribution in [0.2, 0.25) is 0 Å². The van der Waals surface area contributed by atoms with Crippen molar-refractivity contribution in [2.45, 2.75) is 65.1 Å². The first-order valence-corrected chi connectivity index (χ1v) is 9.75. The Morgan fingerprint density at radius 2 is 1.77 bits per heavy atom. The third kappa shape index (κ3) is 3.93.